The summed E-state index contributed by atoms with van der Waals surface area (Å²) in [6.45, 7) is 0. The van der Waals surface area contributed by atoms with E-state index in [0.717, 1.165) is 0 Å². The maximum absolute atomic E-state index is 13.8. The molecule has 0 saturated carbocycles. The van der Waals surface area contributed by atoms with Gasteiger partial charge in [0.15, 0.2) is 0 Å². The third-order valence-electron chi connectivity index (χ3n) is 2.22. The van der Waals surface area contributed by atoms with E-state index >= 15 is 0 Å². The molecule has 0 spiro atoms. The summed E-state index contributed by atoms with van der Waals surface area (Å²) in [5.74, 6) is -0.634. The molecule has 1 atom stereocenters. The number of aliphatic hydroxyl groups is 1. The van der Waals surface area contributed by atoms with Crippen molar-refractivity contribution in [2.45, 2.75) is 6.10 Å². The molecule has 1 aromatic carbocycles. The molecule has 84 valence electrons. The first-order valence-corrected chi connectivity index (χ1v) is 5.62. The van der Waals surface area contributed by atoms with E-state index in [2.05, 4.69) is 15.9 Å². The Morgan fingerprint density at radius 2 is 2.12 bits per heavy atom. The van der Waals surface area contributed by atoms with Crippen LogP contribution in [0.4, 0.5) is 4.39 Å². The minimum atomic E-state index is -1.08. The van der Waals surface area contributed by atoms with Crippen LogP contribution in [0.1, 0.15) is 17.2 Å². The van der Waals surface area contributed by atoms with Crippen LogP contribution in [0.3, 0.4) is 0 Å². The highest BCUT2D eigenvalue weighted by Gasteiger charge is 2.19. The third-order valence-corrected chi connectivity index (χ3v) is 3.48. The van der Waals surface area contributed by atoms with Crippen LogP contribution in [-0.4, -0.2) is 5.11 Å². The van der Waals surface area contributed by atoms with Gasteiger partial charge in [0.05, 0.1) is 17.5 Å². The van der Waals surface area contributed by atoms with Crippen LogP contribution in [0, 0.1) is 5.82 Å². The Hall–Kier alpha value is -0.840. The Bertz CT molecular complexity index is 499. The van der Waals surface area contributed by atoms with Gasteiger partial charge in [-0.15, -0.1) is 0 Å². The number of hydrogen-bond donors (Lipinski definition) is 1. The van der Waals surface area contributed by atoms with Crippen LogP contribution in [0.2, 0.25) is 5.02 Å². The van der Waals surface area contributed by atoms with Crippen molar-refractivity contribution in [3.63, 3.8) is 0 Å². The lowest BCUT2D eigenvalue weighted by atomic mass is 10.0. The van der Waals surface area contributed by atoms with Gasteiger partial charge in [0.25, 0.3) is 0 Å². The van der Waals surface area contributed by atoms with E-state index in [-0.39, 0.29) is 10.6 Å². The zero-order valence-corrected chi connectivity index (χ0v) is 10.3. The number of benzene rings is 1. The third kappa shape index (κ3) is 2.00. The molecule has 0 amide bonds. The summed E-state index contributed by atoms with van der Waals surface area (Å²) in [5.41, 5.74) is 0.604. The number of rotatable bonds is 2. The second kappa shape index (κ2) is 4.57. The molecule has 0 aliphatic rings. The van der Waals surface area contributed by atoms with Crippen molar-refractivity contribution in [3.8, 4) is 0 Å². The average Bonchev–Trinajstić information content (AvgIpc) is 2.79. The predicted octanol–water partition coefficient (Wildman–Crippen LogP) is 3.92. The van der Waals surface area contributed by atoms with Crippen molar-refractivity contribution >= 4 is 27.5 Å². The molecule has 2 rings (SSSR count). The second-order valence-corrected chi connectivity index (χ2v) is 4.46. The van der Waals surface area contributed by atoms with Crippen LogP contribution in [0.5, 0.6) is 0 Å². The van der Waals surface area contributed by atoms with Gasteiger partial charge in [-0.1, -0.05) is 17.7 Å². The summed E-state index contributed by atoms with van der Waals surface area (Å²) in [6, 6.07) is 4.63. The Morgan fingerprint density at radius 3 is 2.75 bits per heavy atom. The summed E-state index contributed by atoms with van der Waals surface area (Å²) in [7, 11) is 0. The van der Waals surface area contributed by atoms with Crippen LogP contribution < -0.4 is 0 Å². The highest BCUT2D eigenvalue weighted by molar-refractivity contribution is 9.10. The molecule has 1 aromatic heterocycles. The summed E-state index contributed by atoms with van der Waals surface area (Å²) in [6.07, 6.45) is 1.70. The van der Waals surface area contributed by atoms with E-state index in [1.165, 1.54) is 18.6 Å². The maximum Gasteiger partial charge on any atom is 0.149 e. The van der Waals surface area contributed by atoms with Gasteiger partial charge in [0.2, 0.25) is 0 Å². The predicted molar refractivity (Wildman–Crippen MR) is 61.9 cm³/mol. The summed E-state index contributed by atoms with van der Waals surface area (Å²) in [5, 5.41) is 9.86. The van der Waals surface area contributed by atoms with Gasteiger partial charge in [-0.05, 0) is 28.1 Å². The highest BCUT2D eigenvalue weighted by atomic mass is 79.9. The number of furan rings is 1. The van der Waals surface area contributed by atoms with E-state index in [1.807, 2.05) is 0 Å². The molecule has 2 nitrogen and oxygen atoms in total. The Kier molecular flexibility index (Phi) is 3.33. The van der Waals surface area contributed by atoms with Crippen molar-refractivity contribution in [1.29, 1.82) is 0 Å². The first-order valence-electron chi connectivity index (χ1n) is 4.45. The summed E-state index contributed by atoms with van der Waals surface area (Å²) < 4.78 is 19.0. The molecule has 5 heteroatoms. The lowest BCUT2D eigenvalue weighted by molar-refractivity contribution is 0.214. The highest BCUT2D eigenvalue weighted by Crippen LogP contribution is 2.32. The van der Waals surface area contributed by atoms with Gasteiger partial charge in [0, 0.05) is 15.6 Å². The minimum Gasteiger partial charge on any atom is -0.472 e. The molecule has 0 fully saturated rings. The van der Waals surface area contributed by atoms with Crippen molar-refractivity contribution in [2.24, 2.45) is 0 Å². The Labute approximate surface area is 105 Å². The van der Waals surface area contributed by atoms with Gasteiger partial charge >= 0.3 is 0 Å². The maximum atomic E-state index is 13.8. The monoisotopic (exact) mass is 304 g/mol. The average molecular weight is 306 g/mol. The normalized spacial score (nSPS) is 12.8. The fourth-order valence-electron chi connectivity index (χ4n) is 1.36. The molecular formula is C11H7BrClFO2. The topological polar surface area (TPSA) is 33.4 Å². The van der Waals surface area contributed by atoms with Gasteiger partial charge in [-0.2, -0.15) is 0 Å². The lowest BCUT2D eigenvalue weighted by Gasteiger charge is -2.11. The van der Waals surface area contributed by atoms with E-state index in [4.69, 9.17) is 16.0 Å². The molecule has 1 heterocycles. The molecule has 0 bridgehead atoms. The number of aliphatic hydroxyl groups excluding tert-OH is 1. The first-order chi connectivity index (χ1) is 7.61. The SMILES string of the molecule is OC(c1ccoc1)c1ccc(Br)c(Cl)c1F. The fourth-order valence-corrected chi connectivity index (χ4v) is 1.84. The van der Waals surface area contributed by atoms with E-state index in [9.17, 15) is 9.50 Å². The largest absolute Gasteiger partial charge is 0.472 e. The summed E-state index contributed by atoms with van der Waals surface area (Å²) in [4.78, 5) is 0. The summed E-state index contributed by atoms with van der Waals surface area (Å²) >= 11 is 8.84. The van der Waals surface area contributed by atoms with Crippen molar-refractivity contribution < 1.29 is 13.9 Å². The first kappa shape index (κ1) is 11.6. The fraction of sp³-hybridized carbons (Fsp3) is 0.0909. The molecule has 0 saturated heterocycles. The van der Waals surface area contributed by atoms with Crippen LogP contribution >= 0.6 is 27.5 Å². The molecule has 1 N–H and O–H groups in total. The van der Waals surface area contributed by atoms with Crippen molar-refractivity contribution in [3.05, 3.63) is 57.2 Å². The lowest BCUT2D eigenvalue weighted by Crippen LogP contribution is -2.02. The van der Waals surface area contributed by atoms with Crippen LogP contribution in [-0.2, 0) is 0 Å². The molecule has 16 heavy (non-hydrogen) atoms. The molecule has 0 radical (unpaired) electrons. The van der Waals surface area contributed by atoms with Crippen LogP contribution in [0.25, 0.3) is 0 Å². The van der Waals surface area contributed by atoms with Gasteiger partial charge in [-0.3, -0.25) is 0 Å². The van der Waals surface area contributed by atoms with Gasteiger partial charge in [0.1, 0.15) is 11.9 Å². The zero-order chi connectivity index (χ0) is 11.7. The molecule has 0 aliphatic carbocycles. The van der Waals surface area contributed by atoms with E-state index < -0.39 is 11.9 Å². The van der Waals surface area contributed by atoms with E-state index in [1.54, 1.807) is 12.1 Å². The van der Waals surface area contributed by atoms with Crippen LogP contribution in [0.15, 0.2) is 39.6 Å². The van der Waals surface area contributed by atoms with E-state index in [0.29, 0.717) is 10.0 Å². The quantitative estimate of drug-likeness (QED) is 0.853. The Balaban J connectivity index is 2.45. The smallest absolute Gasteiger partial charge is 0.149 e. The Morgan fingerprint density at radius 1 is 1.38 bits per heavy atom. The standard InChI is InChI=1S/C11H7BrClFO2/c12-8-2-1-7(10(14)9(8)13)11(15)6-3-4-16-5-6/h1-5,11,15H. The molecular weight excluding hydrogens is 298 g/mol. The van der Waals surface area contributed by atoms with Crippen molar-refractivity contribution in [1.82, 2.24) is 0 Å². The molecule has 0 aliphatic heterocycles. The minimum absolute atomic E-state index is 0.0416. The number of halogens is 3. The molecule has 1 unspecified atom stereocenters. The van der Waals surface area contributed by atoms with Crippen molar-refractivity contribution in [2.75, 3.05) is 0 Å². The zero-order valence-electron chi connectivity index (χ0n) is 7.95. The van der Waals surface area contributed by atoms with Gasteiger partial charge in [-0.25, -0.2) is 4.39 Å². The second-order valence-electron chi connectivity index (χ2n) is 3.22. The number of hydrogen-bond acceptors (Lipinski definition) is 2. The van der Waals surface area contributed by atoms with Gasteiger partial charge < -0.3 is 9.52 Å². The molecule has 2 aromatic rings.